The number of amides is 2. The minimum atomic E-state index is -0.355. The highest BCUT2D eigenvalue weighted by Gasteiger charge is 2.08. The molecule has 0 bridgehead atoms. The topological polar surface area (TPSA) is 58.2 Å². The van der Waals surface area contributed by atoms with E-state index in [2.05, 4.69) is 10.9 Å². The van der Waals surface area contributed by atoms with Gasteiger partial charge in [0.2, 0.25) is 5.91 Å². The zero-order chi connectivity index (χ0) is 15.1. The molecule has 0 aliphatic carbocycles. The molecule has 6 heteroatoms. The summed E-state index contributed by atoms with van der Waals surface area (Å²) in [6.07, 6.45) is 0. The van der Waals surface area contributed by atoms with Crippen LogP contribution in [0.2, 0.25) is 5.02 Å². The fourth-order valence-electron chi connectivity index (χ4n) is 1.53. The van der Waals surface area contributed by atoms with Crippen LogP contribution in [0.5, 0.6) is 0 Å². The van der Waals surface area contributed by atoms with E-state index in [1.165, 1.54) is 11.8 Å². The van der Waals surface area contributed by atoms with Crippen molar-refractivity contribution in [2.75, 3.05) is 5.75 Å². The van der Waals surface area contributed by atoms with E-state index in [0.29, 0.717) is 10.6 Å². The summed E-state index contributed by atoms with van der Waals surface area (Å²) in [6.45, 7) is 0. The average molecular weight is 321 g/mol. The van der Waals surface area contributed by atoms with Crippen molar-refractivity contribution in [1.29, 1.82) is 0 Å². The van der Waals surface area contributed by atoms with Gasteiger partial charge in [-0.15, -0.1) is 11.8 Å². The van der Waals surface area contributed by atoms with E-state index < -0.39 is 0 Å². The molecular weight excluding hydrogens is 308 g/mol. The van der Waals surface area contributed by atoms with Gasteiger partial charge in [0, 0.05) is 10.5 Å². The van der Waals surface area contributed by atoms with Crippen LogP contribution in [0.15, 0.2) is 59.5 Å². The van der Waals surface area contributed by atoms with Crippen molar-refractivity contribution in [3.05, 3.63) is 65.2 Å². The number of nitrogens with one attached hydrogen (secondary N) is 2. The van der Waals surface area contributed by atoms with Crippen LogP contribution in [0.4, 0.5) is 0 Å². The highest BCUT2D eigenvalue weighted by molar-refractivity contribution is 8.00. The molecule has 0 fully saturated rings. The zero-order valence-electron chi connectivity index (χ0n) is 11.0. The molecule has 108 valence electrons. The van der Waals surface area contributed by atoms with Gasteiger partial charge in [0.25, 0.3) is 5.91 Å². The van der Waals surface area contributed by atoms with E-state index in [1.54, 1.807) is 30.3 Å². The Labute approximate surface area is 131 Å². The van der Waals surface area contributed by atoms with E-state index in [-0.39, 0.29) is 17.6 Å². The van der Waals surface area contributed by atoms with Gasteiger partial charge < -0.3 is 0 Å². The third-order valence-electron chi connectivity index (χ3n) is 2.55. The molecular formula is C15H13ClN2O2S. The number of carbonyl (C=O) groups excluding carboxylic acids is 2. The van der Waals surface area contributed by atoms with Crippen molar-refractivity contribution in [1.82, 2.24) is 10.9 Å². The molecule has 2 rings (SSSR count). The van der Waals surface area contributed by atoms with Crippen molar-refractivity contribution in [3.63, 3.8) is 0 Å². The van der Waals surface area contributed by atoms with Crippen LogP contribution >= 0.6 is 23.4 Å². The molecule has 0 saturated carbocycles. The summed E-state index contributed by atoms with van der Waals surface area (Å²) in [6, 6.07) is 15.9. The van der Waals surface area contributed by atoms with Gasteiger partial charge in [-0.1, -0.05) is 41.9 Å². The summed E-state index contributed by atoms with van der Waals surface area (Å²) in [4.78, 5) is 24.2. The van der Waals surface area contributed by atoms with Gasteiger partial charge in [0.05, 0.1) is 10.8 Å². The Hall–Kier alpha value is -1.98. The molecule has 2 aromatic rings. The van der Waals surface area contributed by atoms with Gasteiger partial charge in [0.15, 0.2) is 0 Å². The predicted molar refractivity (Wildman–Crippen MR) is 84.2 cm³/mol. The summed E-state index contributed by atoms with van der Waals surface area (Å²) in [5.41, 5.74) is 5.22. The number of hydrazine groups is 1. The number of rotatable bonds is 4. The molecule has 0 saturated heterocycles. The van der Waals surface area contributed by atoms with Crippen molar-refractivity contribution in [3.8, 4) is 0 Å². The van der Waals surface area contributed by atoms with Crippen LogP contribution in [0.25, 0.3) is 0 Å². The minimum absolute atomic E-state index is 0.165. The van der Waals surface area contributed by atoms with Gasteiger partial charge in [0.1, 0.15) is 0 Å². The molecule has 0 heterocycles. The molecule has 0 radical (unpaired) electrons. The Balaban J connectivity index is 1.78. The molecule has 0 aromatic heterocycles. The van der Waals surface area contributed by atoms with Gasteiger partial charge in [-0.25, -0.2) is 0 Å². The van der Waals surface area contributed by atoms with E-state index in [0.717, 1.165) is 4.90 Å². The summed E-state index contributed by atoms with van der Waals surface area (Å²) in [7, 11) is 0. The van der Waals surface area contributed by atoms with Crippen LogP contribution < -0.4 is 10.9 Å². The van der Waals surface area contributed by atoms with Crippen LogP contribution in [0.3, 0.4) is 0 Å². The average Bonchev–Trinajstić information content (AvgIpc) is 2.52. The van der Waals surface area contributed by atoms with Crippen LogP contribution in [0.1, 0.15) is 10.4 Å². The summed E-state index contributed by atoms with van der Waals surface area (Å²) in [5, 5.41) is 0.601. The normalized spacial score (nSPS) is 9.95. The first kappa shape index (κ1) is 15.4. The number of benzene rings is 2. The Morgan fingerprint density at radius 3 is 2.33 bits per heavy atom. The van der Waals surface area contributed by atoms with E-state index in [1.807, 2.05) is 24.3 Å². The monoisotopic (exact) mass is 320 g/mol. The molecule has 2 aromatic carbocycles. The van der Waals surface area contributed by atoms with E-state index >= 15 is 0 Å². The van der Waals surface area contributed by atoms with E-state index in [4.69, 9.17) is 11.6 Å². The maximum absolute atomic E-state index is 11.7. The van der Waals surface area contributed by atoms with Gasteiger partial charge >= 0.3 is 0 Å². The first-order valence-corrected chi connectivity index (χ1v) is 7.55. The fourth-order valence-corrected chi connectivity index (χ4v) is 2.57. The highest BCUT2D eigenvalue weighted by Crippen LogP contribution is 2.26. The zero-order valence-corrected chi connectivity index (χ0v) is 12.6. The standard InChI is InChI=1S/C15H13ClN2O2S/c16-12-8-4-5-9-13(12)21-10-14(19)17-18-15(20)11-6-2-1-3-7-11/h1-9H,10H2,(H,17,19)(H,18,20). The summed E-state index contributed by atoms with van der Waals surface area (Å²) >= 11 is 7.30. The lowest BCUT2D eigenvalue weighted by Gasteiger charge is -2.07. The SMILES string of the molecule is O=C(CSc1ccccc1Cl)NNC(=O)c1ccccc1. The molecule has 2 amide bonds. The Morgan fingerprint density at radius 1 is 0.952 bits per heavy atom. The van der Waals surface area contributed by atoms with Gasteiger partial charge in [-0.2, -0.15) is 0 Å². The van der Waals surface area contributed by atoms with Crippen molar-refractivity contribution in [2.24, 2.45) is 0 Å². The van der Waals surface area contributed by atoms with Gasteiger partial charge in [-0.3, -0.25) is 20.4 Å². The molecule has 21 heavy (non-hydrogen) atoms. The third-order valence-corrected chi connectivity index (χ3v) is 4.06. The van der Waals surface area contributed by atoms with Gasteiger partial charge in [-0.05, 0) is 24.3 Å². The largest absolute Gasteiger partial charge is 0.272 e. The minimum Gasteiger partial charge on any atom is -0.272 e. The number of halogens is 1. The molecule has 0 atom stereocenters. The summed E-state index contributed by atoms with van der Waals surface area (Å²) in [5.74, 6) is -0.491. The first-order chi connectivity index (χ1) is 10.2. The van der Waals surface area contributed by atoms with Crippen molar-refractivity contribution >= 4 is 35.2 Å². The highest BCUT2D eigenvalue weighted by atomic mass is 35.5. The fraction of sp³-hybridized carbons (Fsp3) is 0.0667. The van der Waals surface area contributed by atoms with Crippen molar-refractivity contribution < 1.29 is 9.59 Å². The second-order valence-corrected chi connectivity index (χ2v) is 5.51. The van der Waals surface area contributed by atoms with Crippen LogP contribution in [-0.4, -0.2) is 17.6 Å². The lowest BCUT2D eigenvalue weighted by atomic mass is 10.2. The lowest BCUT2D eigenvalue weighted by molar-refractivity contribution is -0.119. The first-order valence-electron chi connectivity index (χ1n) is 6.18. The Morgan fingerprint density at radius 2 is 1.62 bits per heavy atom. The number of hydrogen-bond acceptors (Lipinski definition) is 3. The second kappa shape index (κ2) is 7.71. The maximum Gasteiger partial charge on any atom is 0.269 e. The smallest absolute Gasteiger partial charge is 0.269 e. The molecule has 2 N–H and O–H groups in total. The maximum atomic E-state index is 11.7. The molecule has 0 unspecified atom stereocenters. The van der Waals surface area contributed by atoms with Crippen LogP contribution in [0, 0.1) is 0 Å². The Kier molecular flexibility index (Phi) is 5.66. The number of carbonyl (C=O) groups is 2. The number of hydrogen-bond donors (Lipinski definition) is 2. The van der Waals surface area contributed by atoms with Crippen LogP contribution in [-0.2, 0) is 4.79 Å². The molecule has 4 nitrogen and oxygen atoms in total. The van der Waals surface area contributed by atoms with E-state index in [9.17, 15) is 9.59 Å². The second-order valence-electron chi connectivity index (χ2n) is 4.09. The molecule has 0 aliphatic rings. The quantitative estimate of drug-likeness (QED) is 0.672. The Bertz CT molecular complexity index is 635. The molecule has 0 spiro atoms. The van der Waals surface area contributed by atoms with Crippen molar-refractivity contribution in [2.45, 2.75) is 4.90 Å². The third kappa shape index (κ3) is 4.81. The predicted octanol–water partition coefficient (Wildman–Crippen LogP) is 2.89. The summed E-state index contributed by atoms with van der Waals surface area (Å²) < 4.78 is 0. The number of thioether (sulfide) groups is 1. The molecule has 0 aliphatic heterocycles. The lowest BCUT2D eigenvalue weighted by Crippen LogP contribution is -2.42.